The van der Waals surface area contributed by atoms with E-state index in [0.29, 0.717) is 17.6 Å². The van der Waals surface area contributed by atoms with Crippen molar-refractivity contribution in [3.05, 3.63) is 64.6 Å². The lowest BCUT2D eigenvalue weighted by atomic mass is 10.2. The summed E-state index contributed by atoms with van der Waals surface area (Å²) in [5.74, 6) is -0.584. The number of carbonyl (C=O) groups excluding carboxylic acids is 1. The number of hydrogen-bond acceptors (Lipinski definition) is 3. The smallest absolute Gasteiger partial charge is 0.304 e. The second kappa shape index (κ2) is 6.60. The Hall–Kier alpha value is -2.81. The Morgan fingerprint density at radius 2 is 1.96 bits per heavy atom. The van der Waals surface area contributed by atoms with Crippen molar-refractivity contribution in [1.82, 2.24) is 20.0 Å². The number of alkyl halides is 3. The molecule has 0 aliphatic carbocycles. The normalized spacial score (nSPS) is 11.5. The Labute approximate surface area is 144 Å². The van der Waals surface area contributed by atoms with Gasteiger partial charge in [0.1, 0.15) is 5.69 Å². The molecule has 0 fully saturated rings. The molecule has 0 saturated heterocycles. The van der Waals surface area contributed by atoms with Crippen molar-refractivity contribution >= 4 is 23.3 Å². The van der Waals surface area contributed by atoms with Gasteiger partial charge >= 0.3 is 6.18 Å². The van der Waals surface area contributed by atoms with Gasteiger partial charge in [-0.05, 0) is 17.7 Å². The predicted octanol–water partition coefficient (Wildman–Crippen LogP) is 3.58. The number of aromatic nitrogens is 4. The van der Waals surface area contributed by atoms with Crippen LogP contribution in [0.15, 0.2) is 42.6 Å². The minimum Gasteiger partial charge on any atom is -0.304 e. The van der Waals surface area contributed by atoms with E-state index in [1.165, 1.54) is 6.07 Å². The maximum atomic E-state index is 12.5. The minimum atomic E-state index is -4.59. The zero-order chi connectivity index (χ0) is 18.0. The quantitative estimate of drug-likeness (QED) is 0.738. The van der Waals surface area contributed by atoms with Crippen molar-refractivity contribution in [3.63, 3.8) is 0 Å². The van der Waals surface area contributed by atoms with E-state index in [0.717, 1.165) is 5.56 Å². The summed E-state index contributed by atoms with van der Waals surface area (Å²) in [5, 5.41) is 12.3. The molecule has 0 spiro atoms. The van der Waals surface area contributed by atoms with Crippen LogP contribution in [0.4, 0.5) is 19.0 Å². The maximum Gasteiger partial charge on any atom is 0.432 e. The Morgan fingerprint density at radius 3 is 2.60 bits per heavy atom. The fourth-order valence-electron chi connectivity index (χ4n) is 2.06. The standard InChI is InChI=1S/C15H11ClF3N5O/c16-10-3-1-9(2-4-10)8-24-6-5-13(23-24)20-14(25)11-7-12(22-21-11)15(17,18)19/h1-7H,8H2,(H,21,22)(H,20,23,25). The molecule has 130 valence electrons. The van der Waals surface area contributed by atoms with Crippen LogP contribution in [0.1, 0.15) is 21.7 Å². The molecule has 2 N–H and O–H groups in total. The lowest BCUT2D eigenvalue weighted by Gasteiger charge is -2.02. The highest BCUT2D eigenvalue weighted by atomic mass is 35.5. The van der Waals surface area contributed by atoms with Gasteiger partial charge in [-0.1, -0.05) is 23.7 Å². The predicted molar refractivity (Wildman–Crippen MR) is 84.3 cm³/mol. The molecule has 3 rings (SSSR count). The minimum absolute atomic E-state index is 0.204. The molecule has 1 aromatic carbocycles. The van der Waals surface area contributed by atoms with Gasteiger partial charge in [0.2, 0.25) is 0 Å². The Kier molecular flexibility index (Phi) is 4.49. The molecule has 2 heterocycles. The number of benzene rings is 1. The third kappa shape index (κ3) is 4.18. The molecule has 6 nitrogen and oxygen atoms in total. The molecule has 2 aromatic heterocycles. The number of nitrogens with zero attached hydrogens (tertiary/aromatic N) is 3. The molecule has 10 heteroatoms. The average Bonchev–Trinajstić information content (AvgIpc) is 3.19. The third-order valence-electron chi connectivity index (χ3n) is 3.26. The van der Waals surface area contributed by atoms with Gasteiger partial charge in [0.05, 0.1) is 6.54 Å². The lowest BCUT2D eigenvalue weighted by molar-refractivity contribution is -0.141. The Balaban J connectivity index is 1.65. The summed E-state index contributed by atoms with van der Waals surface area (Å²) in [7, 11) is 0. The third-order valence-corrected chi connectivity index (χ3v) is 3.51. The molecular formula is C15H11ClF3N5O. The molecular weight excluding hydrogens is 359 g/mol. The summed E-state index contributed by atoms with van der Waals surface area (Å²) in [6.45, 7) is 0.452. The Morgan fingerprint density at radius 1 is 1.24 bits per heavy atom. The fourth-order valence-corrected chi connectivity index (χ4v) is 2.18. The number of aromatic amines is 1. The second-order valence-corrected chi connectivity index (χ2v) is 5.58. The van der Waals surface area contributed by atoms with E-state index < -0.39 is 17.8 Å². The van der Waals surface area contributed by atoms with E-state index in [1.54, 1.807) is 28.1 Å². The van der Waals surface area contributed by atoms with Gasteiger partial charge in [-0.3, -0.25) is 14.6 Å². The van der Waals surface area contributed by atoms with Crippen molar-refractivity contribution in [3.8, 4) is 0 Å². The largest absolute Gasteiger partial charge is 0.432 e. The molecule has 0 radical (unpaired) electrons. The molecule has 1 amide bonds. The van der Waals surface area contributed by atoms with Gasteiger partial charge in [-0.25, -0.2) is 0 Å². The number of carbonyl (C=O) groups is 1. The first-order valence-electron chi connectivity index (χ1n) is 7.03. The van der Waals surface area contributed by atoms with Crippen LogP contribution in [-0.4, -0.2) is 25.9 Å². The average molecular weight is 370 g/mol. The van der Waals surface area contributed by atoms with Crippen LogP contribution in [0.5, 0.6) is 0 Å². The number of rotatable bonds is 4. The van der Waals surface area contributed by atoms with Gasteiger partial charge in [-0.2, -0.15) is 23.4 Å². The summed E-state index contributed by atoms with van der Waals surface area (Å²) in [5.41, 5.74) is -0.516. The first-order valence-corrected chi connectivity index (χ1v) is 7.41. The van der Waals surface area contributed by atoms with Crippen LogP contribution < -0.4 is 5.32 Å². The highest BCUT2D eigenvalue weighted by Gasteiger charge is 2.33. The number of H-pyrrole nitrogens is 1. The van der Waals surface area contributed by atoms with Crippen LogP contribution in [0.25, 0.3) is 0 Å². The van der Waals surface area contributed by atoms with Crippen molar-refractivity contribution < 1.29 is 18.0 Å². The number of nitrogens with one attached hydrogen (secondary N) is 2. The second-order valence-electron chi connectivity index (χ2n) is 5.14. The summed E-state index contributed by atoms with van der Waals surface area (Å²) < 4.78 is 39.1. The van der Waals surface area contributed by atoms with E-state index in [2.05, 4.69) is 15.5 Å². The number of amides is 1. The first-order chi connectivity index (χ1) is 11.8. The van der Waals surface area contributed by atoms with E-state index >= 15 is 0 Å². The number of hydrogen-bond donors (Lipinski definition) is 2. The maximum absolute atomic E-state index is 12.5. The summed E-state index contributed by atoms with van der Waals surface area (Å²) in [6, 6.07) is 9.35. The summed E-state index contributed by atoms with van der Waals surface area (Å²) in [6.07, 6.45) is -2.96. The molecule has 0 aliphatic heterocycles. The molecule has 0 atom stereocenters. The highest BCUT2D eigenvalue weighted by Crippen LogP contribution is 2.27. The van der Waals surface area contributed by atoms with Gasteiger partial charge in [0, 0.05) is 23.4 Å². The van der Waals surface area contributed by atoms with E-state index in [1.807, 2.05) is 12.1 Å². The zero-order valence-corrected chi connectivity index (χ0v) is 13.3. The molecule has 0 bridgehead atoms. The summed E-state index contributed by atoms with van der Waals surface area (Å²) >= 11 is 5.82. The van der Waals surface area contributed by atoms with Gasteiger partial charge < -0.3 is 5.32 Å². The zero-order valence-electron chi connectivity index (χ0n) is 12.5. The van der Waals surface area contributed by atoms with Crippen LogP contribution in [0, 0.1) is 0 Å². The fraction of sp³-hybridized carbons (Fsp3) is 0.133. The van der Waals surface area contributed by atoms with Crippen molar-refractivity contribution in [2.45, 2.75) is 12.7 Å². The monoisotopic (exact) mass is 369 g/mol. The topological polar surface area (TPSA) is 75.6 Å². The lowest BCUT2D eigenvalue weighted by Crippen LogP contribution is -2.13. The Bertz CT molecular complexity index is 885. The van der Waals surface area contributed by atoms with Gasteiger partial charge in [0.15, 0.2) is 11.5 Å². The van der Waals surface area contributed by atoms with Crippen LogP contribution in [-0.2, 0) is 12.7 Å². The molecule has 0 unspecified atom stereocenters. The van der Waals surface area contributed by atoms with Gasteiger partial charge in [-0.15, -0.1) is 0 Å². The molecule has 0 aliphatic rings. The highest BCUT2D eigenvalue weighted by molar-refractivity contribution is 6.30. The number of halogens is 4. The number of anilines is 1. The van der Waals surface area contributed by atoms with E-state index in [9.17, 15) is 18.0 Å². The van der Waals surface area contributed by atoms with Crippen molar-refractivity contribution in [1.29, 1.82) is 0 Å². The molecule has 0 saturated carbocycles. The van der Waals surface area contributed by atoms with Crippen molar-refractivity contribution in [2.24, 2.45) is 0 Å². The van der Waals surface area contributed by atoms with Crippen LogP contribution in [0.2, 0.25) is 5.02 Å². The van der Waals surface area contributed by atoms with Crippen molar-refractivity contribution in [2.75, 3.05) is 5.32 Å². The molecule has 3 aromatic rings. The van der Waals surface area contributed by atoms with Crippen LogP contribution >= 0.6 is 11.6 Å². The first kappa shape index (κ1) is 17.0. The summed E-state index contributed by atoms with van der Waals surface area (Å²) in [4.78, 5) is 11.9. The molecule has 25 heavy (non-hydrogen) atoms. The van der Waals surface area contributed by atoms with Crippen LogP contribution in [0.3, 0.4) is 0 Å². The van der Waals surface area contributed by atoms with Gasteiger partial charge in [0.25, 0.3) is 5.91 Å². The van der Waals surface area contributed by atoms with E-state index in [4.69, 9.17) is 11.6 Å². The van der Waals surface area contributed by atoms with E-state index in [-0.39, 0.29) is 11.5 Å². The SMILES string of the molecule is O=C(Nc1ccn(Cc2ccc(Cl)cc2)n1)c1cc(C(F)(F)F)[nH]n1.